The highest BCUT2D eigenvalue weighted by molar-refractivity contribution is 5.01. The van der Waals surface area contributed by atoms with Gasteiger partial charge in [0, 0.05) is 19.5 Å². The minimum absolute atomic E-state index is 0.789. The number of fused-ring (bicyclic) bond motifs is 2. The minimum atomic E-state index is 0.789. The third-order valence-electron chi connectivity index (χ3n) is 10.4. The molecule has 7 aliphatic heterocycles. The zero-order chi connectivity index (χ0) is 34.3. The van der Waals surface area contributed by atoms with Crippen LogP contribution in [0.15, 0.2) is 61.0 Å². The molecule has 0 radical (unpaired) electrons. The van der Waals surface area contributed by atoms with Gasteiger partial charge in [-0.1, -0.05) is 19.7 Å². The summed E-state index contributed by atoms with van der Waals surface area (Å²) >= 11 is 0. The Balaban J connectivity index is 0.000000162. The third kappa shape index (κ3) is 14.8. The van der Waals surface area contributed by atoms with Crippen molar-refractivity contribution in [2.45, 2.75) is 63.5 Å². The van der Waals surface area contributed by atoms with Crippen LogP contribution in [-0.2, 0) is 0 Å². The first kappa shape index (κ1) is 39.8. The first-order valence-corrected chi connectivity index (χ1v) is 18.3. The van der Waals surface area contributed by atoms with Gasteiger partial charge >= 0.3 is 0 Å². The Morgan fingerprint density at radius 3 is 1.74 bits per heavy atom. The molecule has 0 aromatic heterocycles. The molecule has 7 atom stereocenters. The molecular weight excluding hydrogens is 580 g/mol. The van der Waals surface area contributed by atoms with Crippen molar-refractivity contribution in [1.29, 1.82) is 0 Å². The van der Waals surface area contributed by atoms with Crippen LogP contribution in [0.3, 0.4) is 0 Å². The van der Waals surface area contributed by atoms with Crippen LogP contribution in [0.25, 0.3) is 0 Å². The normalized spacial score (nSPS) is 34.5. The van der Waals surface area contributed by atoms with Gasteiger partial charge in [-0.3, -0.25) is 9.80 Å². The zero-order valence-electron chi connectivity index (χ0n) is 30.2. The van der Waals surface area contributed by atoms with Gasteiger partial charge in [-0.25, -0.2) is 0 Å². The molecule has 7 unspecified atom stereocenters. The van der Waals surface area contributed by atoms with Crippen molar-refractivity contribution in [1.82, 2.24) is 15.1 Å². The van der Waals surface area contributed by atoms with E-state index in [1.54, 1.807) is 0 Å². The predicted molar refractivity (Wildman–Crippen MR) is 197 cm³/mol. The molecule has 7 aliphatic rings. The monoisotopic (exact) mass is 653 g/mol. The van der Waals surface area contributed by atoms with E-state index in [1.165, 1.54) is 138 Å². The van der Waals surface area contributed by atoms with Crippen molar-refractivity contribution >= 4 is 0 Å². The van der Waals surface area contributed by atoms with E-state index >= 15 is 0 Å². The Hall–Kier alpha value is -1.62. The summed E-state index contributed by atoms with van der Waals surface area (Å²) in [5.41, 5.74) is 6.49. The maximum absolute atomic E-state index is 4.10. The lowest BCUT2D eigenvalue weighted by Gasteiger charge is -2.37. The lowest BCUT2D eigenvalue weighted by atomic mass is 10.1. The number of quaternary nitrogens is 5. The van der Waals surface area contributed by atoms with E-state index in [9.17, 15) is 0 Å². The Morgan fingerprint density at radius 2 is 1.17 bits per heavy atom. The lowest BCUT2D eigenvalue weighted by molar-refractivity contribution is -0.849. The molecule has 0 aliphatic carbocycles. The molecule has 0 aromatic rings. The van der Waals surface area contributed by atoms with Gasteiger partial charge in [0.25, 0.3) is 0 Å². The van der Waals surface area contributed by atoms with Gasteiger partial charge < -0.3 is 29.8 Å². The highest BCUT2D eigenvalue weighted by Crippen LogP contribution is 2.19. The number of rotatable bonds is 0. The quantitative estimate of drug-likeness (QED) is 0.138. The maximum atomic E-state index is 4.10. The second-order valence-electron chi connectivity index (χ2n) is 15.0. The first-order chi connectivity index (χ1) is 22.4. The van der Waals surface area contributed by atoms with Crippen LogP contribution in [0.4, 0.5) is 0 Å². The largest absolute Gasteiger partial charge is 0.464 e. The van der Waals surface area contributed by atoms with E-state index in [-0.39, 0.29) is 0 Å². The van der Waals surface area contributed by atoms with Crippen molar-refractivity contribution in [3.8, 4) is 0 Å². The van der Waals surface area contributed by atoms with Crippen molar-refractivity contribution in [2.24, 2.45) is 0 Å². The molecule has 0 aromatic carbocycles. The molecule has 0 saturated carbocycles. The van der Waals surface area contributed by atoms with Gasteiger partial charge in [-0.2, -0.15) is 21.1 Å². The Morgan fingerprint density at radius 1 is 0.574 bits per heavy atom. The molecule has 7 saturated heterocycles. The molecule has 268 valence electrons. The summed E-state index contributed by atoms with van der Waals surface area (Å²) in [6, 6.07) is 1.59. The van der Waals surface area contributed by atoms with Crippen molar-refractivity contribution in [3.05, 3.63) is 96.2 Å². The Bertz CT molecular complexity index is 1020. The van der Waals surface area contributed by atoms with Gasteiger partial charge in [-0.15, -0.1) is 14.1 Å². The fourth-order valence-electron chi connectivity index (χ4n) is 7.50. The third-order valence-corrected chi connectivity index (χ3v) is 10.4. The van der Waals surface area contributed by atoms with Crippen LogP contribution in [0, 0.1) is 35.2 Å². The van der Waals surface area contributed by atoms with Crippen molar-refractivity contribution in [3.63, 3.8) is 0 Å². The van der Waals surface area contributed by atoms with Crippen LogP contribution in [0.2, 0.25) is 0 Å². The van der Waals surface area contributed by atoms with Gasteiger partial charge in [-0.05, 0) is 87.9 Å². The summed E-state index contributed by atoms with van der Waals surface area (Å²) in [6.45, 7) is 35.5. The van der Waals surface area contributed by atoms with E-state index in [0.29, 0.717) is 0 Å². The number of nitrogens with one attached hydrogen (secondary N) is 6. The molecule has 6 N–H and O–H groups in total. The molecule has 0 bridgehead atoms. The van der Waals surface area contributed by atoms with Crippen LogP contribution in [0.5, 0.6) is 0 Å². The summed E-state index contributed by atoms with van der Waals surface area (Å²) in [4.78, 5) is 11.7. The summed E-state index contributed by atoms with van der Waals surface area (Å²) < 4.78 is 0. The molecule has 8 heteroatoms. The average Bonchev–Trinajstić information content (AvgIpc) is 3.70. The summed E-state index contributed by atoms with van der Waals surface area (Å²) in [6.07, 6.45) is 10.5. The van der Waals surface area contributed by atoms with E-state index in [0.717, 1.165) is 70.1 Å². The molecule has 0 amide bonds. The number of likely N-dealkylation sites (tertiary alicyclic amines) is 2. The van der Waals surface area contributed by atoms with Gasteiger partial charge in [0.05, 0.1) is 88.9 Å². The van der Waals surface area contributed by atoms with Crippen LogP contribution in [-0.4, -0.2) is 114 Å². The molecule has 7 heterocycles. The second kappa shape index (κ2) is 20.8. The van der Waals surface area contributed by atoms with Crippen LogP contribution in [0.1, 0.15) is 51.4 Å². The van der Waals surface area contributed by atoms with Gasteiger partial charge in [0.1, 0.15) is 0 Å². The van der Waals surface area contributed by atoms with E-state index < -0.39 is 0 Å². The molecule has 47 heavy (non-hydrogen) atoms. The van der Waals surface area contributed by atoms with E-state index in [2.05, 4.69) is 83.2 Å². The van der Waals surface area contributed by atoms with Crippen molar-refractivity contribution in [2.75, 3.05) is 91.6 Å². The van der Waals surface area contributed by atoms with Gasteiger partial charge in [0.2, 0.25) is 0 Å². The smallest absolute Gasteiger partial charge is 0.0879 e. The minimum Gasteiger partial charge on any atom is -0.464 e. The van der Waals surface area contributed by atoms with E-state index in [1.807, 2.05) is 0 Å². The topological polar surface area (TPSA) is 40.7 Å². The highest BCUT2D eigenvalue weighted by atomic mass is 15.3. The van der Waals surface area contributed by atoms with Crippen LogP contribution >= 0.6 is 0 Å². The molecule has 8 nitrogen and oxygen atoms in total. The highest BCUT2D eigenvalue weighted by Gasteiger charge is 2.32. The maximum Gasteiger partial charge on any atom is 0.0879 e. The summed E-state index contributed by atoms with van der Waals surface area (Å²) in [5.74, 6) is 0. The average molecular weight is 653 g/mol. The first-order valence-electron chi connectivity index (χ1n) is 18.3. The van der Waals surface area contributed by atoms with Crippen molar-refractivity contribution < 1.29 is 24.5 Å². The van der Waals surface area contributed by atoms with Crippen LogP contribution < -0.4 is 29.8 Å². The van der Waals surface area contributed by atoms with E-state index in [4.69, 9.17) is 0 Å². The fourth-order valence-corrected chi connectivity index (χ4v) is 7.50. The SMILES string of the molecule is C=C1CCCC[NH+]([CH2-])C1.C=C1CC[NH+]([CH2-])C1.C=C1CN2CCCC2C[NH+]([CH2-])C1.C=C1CN2CCCC2C[NH+]1[CH2-].C=C1CNCC[NH+]1[CH2-]. The second-order valence-corrected chi connectivity index (χ2v) is 15.0. The molecule has 7 rings (SSSR count). The predicted octanol–water partition coefficient (Wildman–Crippen LogP) is -1.84. The number of piperazine rings is 2. The zero-order valence-corrected chi connectivity index (χ0v) is 30.2. The molecule has 0 spiro atoms. The number of hydrogen-bond acceptors (Lipinski definition) is 3. The Labute approximate surface area is 290 Å². The Kier molecular flexibility index (Phi) is 17.6. The number of nitrogens with zero attached hydrogens (tertiary/aromatic N) is 2. The fraction of sp³-hybridized carbons (Fsp3) is 0.615. The summed E-state index contributed by atoms with van der Waals surface area (Å²) in [5, 5.41) is 3.20. The standard InChI is InChI=1S/C10H18N2.C9H16N2.C8H15N.C6H12N2.C6H11N/c1-9-6-11(2)8-10-4-3-5-12(10)7-9;1-8-6-11-5-3-4-9(11)7-10(8)2;1-8-5-3-4-6-9(2)7-8;1-6-5-7-3-4-8(6)2;1-6-3-4-7(2)5-6/h10-11H,1-8H2;9-10H,1-7H2;9H,1-7H2;7-8H,1-5H2;7H,1-5H2. The summed E-state index contributed by atoms with van der Waals surface area (Å²) in [7, 11) is 19.8. The molecule has 7 fully saturated rings. The molecular formula is C39H72N8. The number of hydrogen-bond donors (Lipinski definition) is 6. The lowest BCUT2D eigenvalue weighted by Crippen LogP contribution is -3.08. The van der Waals surface area contributed by atoms with Gasteiger partial charge in [0.15, 0.2) is 0 Å².